The molecule has 170 valence electrons. The van der Waals surface area contributed by atoms with Crippen molar-refractivity contribution in [3.63, 3.8) is 0 Å². The number of allylic oxidation sites excluding steroid dienone is 1. The molecule has 1 fully saturated rings. The third-order valence-electron chi connectivity index (χ3n) is 5.95. The van der Waals surface area contributed by atoms with Crippen LogP contribution in [0.5, 0.6) is 0 Å². The summed E-state index contributed by atoms with van der Waals surface area (Å²) in [6.45, 7) is 3.35. The van der Waals surface area contributed by atoms with Gasteiger partial charge in [0.2, 0.25) is 5.82 Å². The summed E-state index contributed by atoms with van der Waals surface area (Å²) >= 11 is 11.7. The summed E-state index contributed by atoms with van der Waals surface area (Å²) < 4.78 is 25.6. The Morgan fingerprint density at radius 3 is 2.79 bits per heavy atom. The normalized spacial score (nSPS) is 20.9. The molecule has 0 amide bonds. The van der Waals surface area contributed by atoms with Gasteiger partial charge in [0.05, 0.1) is 24.3 Å². The second-order valence-electron chi connectivity index (χ2n) is 8.11. The highest BCUT2D eigenvalue weighted by atomic mass is 35.5. The fourth-order valence-corrected chi connectivity index (χ4v) is 4.71. The van der Waals surface area contributed by atoms with Gasteiger partial charge in [0.25, 0.3) is 5.89 Å². The van der Waals surface area contributed by atoms with Crippen LogP contribution in [0.3, 0.4) is 0 Å². The van der Waals surface area contributed by atoms with Crippen LogP contribution >= 0.6 is 23.8 Å². The molecule has 2 aromatic carbocycles. The first-order valence-corrected chi connectivity index (χ1v) is 11.5. The molecule has 2 atom stereocenters. The molecule has 1 aromatic heterocycles. The summed E-state index contributed by atoms with van der Waals surface area (Å²) in [5.74, 6) is 0.462. The SMILES string of the molecule is CC1=C(c2nc(-c3ccc(Cl)cc3)no2)C(c2cccc(F)c2)NC(=S)N1CC1CCCO1. The molecule has 3 heterocycles. The second-order valence-corrected chi connectivity index (χ2v) is 8.94. The zero-order valence-electron chi connectivity index (χ0n) is 17.9. The lowest BCUT2D eigenvalue weighted by atomic mass is 9.94. The van der Waals surface area contributed by atoms with Crippen molar-refractivity contribution < 1.29 is 13.7 Å². The minimum absolute atomic E-state index is 0.0963. The molecule has 3 aromatic rings. The van der Waals surface area contributed by atoms with Gasteiger partial charge in [0.15, 0.2) is 5.11 Å². The zero-order chi connectivity index (χ0) is 22.9. The van der Waals surface area contributed by atoms with E-state index in [1.807, 2.05) is 30.0 Å². The summed E-state index contributed by atoms with van der Waals surface area (Å²) in [6.07, 6.45) is 2.11. The van der Waals surface area contributed by atoms with Crippen LogP contribution in [0.2, 0.25) is 5.02 Å². The first-order chi connectivity index (χ1) is 16.0. The minimum Gasteiger partial charge on any atom is -0.376 e. The van der Waals surface area contributed by atoms with Crippen LogP contribution in [0.4, 0.5) is 4.39 Å². The van der Waals surface area contributed by atoms with Crippen LogP contribution in [0, 0.1) is 5.82 Å². The van der Waals surface area contributed by atoms with E-state index in [4.69, 9.17) is 33.1 Å². The molecular formula is C24H22ClFN4O2S. The van der Waals surface area contributed by atoms with E-state index in [-0.39, 0.29) is 11.9 Å². The Morgan fingerprint density at radius 2 is 2.06 bits per heavy atom. The number of ether oxygens (including phenoxy) is 1. The van der Waals surface area contributed by atoms with Gasteiger partial charge in [0, 0.05) is 22.9 Å². The van der Waals surface area contributed by atoms with Crippen LogP contribution < -0.4 is 5.32 Å². The van der Waals surface area contributed by atoms with Crippen molar-refractivity contribution in [3.8, 4) is 11.4 Å². The van der Waals surface area contributed by atoms with Crippen molar-refractivity contribution >= 4 is 34.5 Å². The van der Waals surface area contributed by atoms with E-state index in [9.17, 15) is 4.39 Å². The van der Waals surface area contributed by atoms with Crippen LogP contribution in [-0.4, -0.2) is 39.4 Å². The van der Waals surface area contributed by atoms with E-state index in [2.05, 4.69) is 15.5 Å². The smallest absolute Gasteiger partial charge is 0.258 e. The van der Waals surface area contributed by atoms with Gasteiger partial charge in [-0.2, -0.15) is 4.98 Å². The van der Waals surface area contributed by atoms with Crippen LogP contribution in [0.1, 0.15) is 37.3 Å². The van der Waals surface area contributed by atoms with E-state index in [0.717, 1.165) is 41.8 Å². The summed E-state index contributed by atoms with van der Waals surface area (Å²) in [5, 5.41) is 8.71. The molecule has 0 aliphatic carbocycles. The third kappa shape index (κ3) is 4.51. The number of halogens is 2. The van der Waals surface area contributed by atoms with Gasteiger partial charge >= 0.3 is 0 Å². The average molecular weight is 485 g/mol. The monoisotopic (exact) mass is 484 g/mol. The topological polar surface area (TPSA) is 63.4 Å². The maximum absolute atomic E-state index is 14.1. The van der Waals surface area contributed by atoms with Crippen molar-refractivity contribution in [2.75, 3.05) is 13.2 Å². The number of thiocarbonyl (C=S) groups is 1. The highest BCUT2D eigenvalue weighted by molar-refractivity contribution is 7.80. The quantitative estimate of drug-likeness (QED) is 0.488. The Labute approximate surface area is 201 Å². The average Bonchev–Trinajstić information content (AvgIpc) is 3.49. The highest BCUT2D eigenvalue weighted by Gasteiger charge is 2.35. The first kappa shape index (κ1) is 22.0. The molecule has 0 saturated carbocycles. The van der Waals surface area contributed by atoms with Gasteiger partial charge in [-0.15, -0.1) is 0 Å². The Morgan fingerprint density at radius 1 is 1.24 bits per heavy atom. The molecule has 2 unspecified atom stereocenters. The van der Waals surface area contributed by atoms with E-state index in [1.165, 1.54) is 12.1 Å². The van der Waals surface area contributed by atoms with E-state index in [1.54, 1.807) is 18.2 Å². The van der Waals surface area contributed by atoms with Crippen molar-refractivity contribution in [1.29, 1.82) is 0 Å². The number of nitrogens with one attached hydrogen (secondary N) is 1. The number of hydrogen-bond donors (Lipinski definition) is 1. The Hall–Kier alpha value is -2.81. The molecular weight excluding hydrogens is 463 g/mol. The van der Waals surface area contributed by atoms with Crippen LogP contribution in [0.25, 0.3) is 17.0 Å². The number of benzene rings is 2. The second kappa shape index (κ2) is 9.21. The number of hydrogen-bond acceptors (Lipinski definition) is 5. The molecule has 1 saturated heterocycles. The molecule has 9 heteroatoms. The van der Waals surface area contributed by atoms with Crippen molar-refractivity contribution in [3.05, 3.63) is 76.5 Å². The van der Waals surface area contributed by atoms with Gasteiger partial charge in [-0.05, 0) is 73.9 Å². The first-order valence-electron chi connectivity index (χ1n) is 10.8. The summed E-state index contributed by atoms with van der Waals surface area (Å²) in [6, 6.07) is 13.2. The lowest BCUT2D eigenvalue weighted by molar-refractivity contribution is 0.0962. The van der Waals surface area contributed by atoms with Crippen LogP contribution in [0.15, 0.2) is 58.8 Å². The van der Waals surface area contributed by atoms with Crippen LogP contribution in [-0.2, 0) is 4.74 Å². The van der Waals surface area contributed by atoms with E-state index in [0.29, 0.717) is 28.4 Å². The maximum Gasteiger partial charge on any atom is 0.258 e. The summed E-state index contributed by atoms with van der Waals surface area (Å²) in [4.78, 5) is 6.66. The fraction of sp³-hybridized carbons (Fsp3) is 0.292. The van der Waals surface area contributed by atoms with Crippen molar-refractivity contribution in [2.45, 2.75) is 31.9 Å². The number of aromatic nitrogens is 2. The molecule has 0 bridgehead atoms. The van der Waals surface area contributed by atoms with Gasteiger partial charge in [-0.25, -0.2) is 4.39 Å². The molecule has 33 heavy (non-hydrogen) atoms. The van der Waals surface area contributed by atoms with Gasteiger partial charge < -0.3 is 19.5 Å². The molecule has 6 nitrogen and oxygen atoms in total. The summed E-state index contributed by atoms with van der Waals surface area (Å²) in [5.41, 5.74) is 3.12. The van der Waals surface area contributed by atoms with E-state index >= 15 is 0 Å². The lowest BCUT2D eigenvalue weighted by Gasteiger charge is -2.38. The Kier molecular flexibility index (Phi) is 6.14. The fourth-order valence-electron chi connectivity index (χ4n) is 4.26. The molecule has 2 aliphatic rings. The number of rotatable bonds is 5. The lowest BCUT2D eigenvalue weighted by Crippen LogP contribution is -2.48. The van der Waals surface area contributed by atoms with Crippen molar-refractivity contribution in [2.24, 2.45) is 0 Å². The summed E-state index contributed by atoms with van der Waals surface area (Å²) in [7, 11) is 0. The third-order valence-corrected chi connectivity index (χ3v) is 6.54. The molecule has 0 radical (unpaired) electrons. The maximum atomic E-state index is 14.1. The predicted octanol–water partition coefficient (Wildman–Crippen LogP) is 5.37. The van der Waals surface area contributed by atoms with Gasteiger partial charge in [-0.3, -0.25) is 0 Å². The molecule has 0 spiro atoms. The van der Waals surface area contributed by atoms with Gasteiger partial charge in [-0.1, -0.05) is 28.9 Å². The van der Waals surface area contributed by atoms with Crippen molar-refractivity contribution in [1.82, 2.24) is 20.4 Å². The molecule has 2 aliphatic heterocycles. The predicted molar refractivity (Wildman–Crippen MR) is 128 cm³/mol. The largest absolute Gasteiger partial charge is 0.376 e. The van der Waals surface area contributed by atoms with E-state index < -0.39 is 6.04 Å². The molecule has 5 rings (SSSR count). The number of nitrogens with zero attached hydrogens (tertiary/aromatic N) is 3. The minimum atomic E-state index is -0.438. The Balaban J connectivity index is 1.57. The highest BCUT2D eigenvalue weighted by Crippen LogP contribution is 2.38. The standard InChI is InChI=1S/C24H22ClFN4O2S/c1-14-20(23-28-22(29-32-23)15-7-9-17(25)10-8-15)21(16-4-2-5-18(26)12-16)27-24(33)30(14)13-19-6-3-11-31-19/h2,4-5,7-10,12,19,21H,3,6,11,13H2,1H3,(H,27,33). The Bertz CT molecular complexity index is 1210. The zero-order valence-corrected chi connectivity index (χ0v) is 19.5. The van der Waals surface area contributed by atoms with Gasteiger partial charge in [0.1, 0.15) is 5.82 Å². The molecule has 1 N–H and O–H groups in total.